The molecule has 0 fully saturated rings. The first-order valence-electron chi connectivity index (χ1n) is 6.82. The van der Waals surface area contributed by atoms with Crippen LogP contribution in [-0.4, -0.2) is 4.98 Å². The van der Waals surface area contributed by atoms with Crippen LogP contribution < -0.4 is 5.32 Å². The van der Waals surface area contributed by atoms with E-state index >= 15 is 0 Å². The number of pyridine rings is 1. The first-order valence-corrected chi connectivity index (χ1v) is 6.82. The van der Waals surface area contributed by atoms with E-state index in [2.05, 4.69) is 35.4 Å². The topological polar surface area (TPSA) is 38.1 Å². The van der Waals surface area contributed by atoms with Crippen LogP contribution in [0, 0.1) is 13.8 Å². The number of rotatable bonds is 3. The molecule has 1 aromatic carbocycles. The minimum atomic E-state index is 0.190. The molecule has 2 aromatic heterocycles. The van der Waals surface area contributed by atoms with Gasteiger partial charge in [0.15, 0.2) is 0 Å². The van der Waals surface area contributed by atoms with Crippen LogP contribution in [0.15, 0.2) is 47.0 Å². The molecular formula is C17H18N2O. The van der Waals surface area contributed by atoms with Gasteiger partial charge in [0.2, 0.25) is 0 Å². The van der Waals surface area contributed by atoms with Gasteiger partial charge < -0.3 is 9.73 Å². The third-order valence-electron chi connectivity index (χ3n) is 3.52. The second-order valence-corrected chi connectivity index (χ2v) is 5.15. The summed E-state index contributed by atoms with van der Waals surface area (Å²) in [6, 6.07) is 12.5. The Labute approximate surface area is 118 Å². The van der Waals surface area contributed by atoms with E-state index in [1.807, 2.05) is 38.2 Å². The van der Waals surface area contributed by atoms with E-state index in [9.17, 15) is 0 Å². The molecule has 3 aromatic rings. The molecule has 1 unspecified atom stereocenters. The summed E-state index contributed by atoms with van der Waals surface area (Å²) in [5.74, 6) is 1.92. The summed E-state index contributed by atoms with van der Waals surface area (Å²) in [4.78, 5) is 4.47. The summed E-state index contributed by atoms with van der Waals surface area (Å²) in [5.41, 5.74) is 3.23. The van der Waals surface area contributed by atoms with Crippen molar-refractivity contribution in [2.45, 2.75) is 26.8 Å². The lowest BCUT2D eigenvalue weighted by molar-refractivity contribution is 0.500. The van der Waals surface area contributed by atoms with E-state index in [0.717, 1.165) is 28.1 Å². The summed E-state index contributed by atoms with van der Waals surface area (Å²) >= 11 is 0. The summed E-state index contributed by atoms with van der Waals surface area (Å²) in [6.45, 7) is 6.10. The van der Waals surface area contributed by atoms with Crippen molar-refractivity contribution in [3.05, 3.63) is 59.7 Å². The lowest BCUT2D eigenvalue weighted by atomic mass is 10.1. The molecule has 0 aliphatic heterocycles. The van der Waals surface area contributed by atoms with Gasteiger partial charge in [0, 0.05) is 10.9 Å². The Morgan fingerprint density at radius 2 is 1.95 bits per heavy atom. The zero-order valence-electron chi connectivity index (χ0n) is 12.0. The number of hydrogen-bond donors (Lipinski definition) is 1. The van der Waals surface area contributed by atoms with E-state index in [1.54, 1.807) is 0 Å². The predicted molar refractivity (Wildman–Crippen MR) is 82.0 cm³/mol. The van der Waals surface area contributed by atoms with Crippen molar-refractivity contribution < 1.29 is 4.42 Å². The molecule has 0 amide bonds. The third kappa shape index (κ3) is 2.39. The largest absolute Gasteiger partial charge is 0.466 e. The summed E-state index contributed by atoms with van der Waals surface area (Å²) in [6.07, 6.45) is 1.88. The average molecular weight is 266 g/mol. The molecule has 20 heavy (non-hydrogen) atoms. The zero-order chi connectivity index (χ0) is 14.1. The molecule has 0 spiro atoms. The molecule has 0 saturated heterocycles. The van der Waals surface area contributed by atoms with Crippen LogP contribution in [0.25, 0.3) is 10.9 Å². The minimum Gasteiger partial charge on any atom is -0.466 e. The highest BCUT2D eigenvalue weighted by atomic mass is 16.3. The molecule has 0 saturated carbocycles. The molecule has 0 aliphatic carbocycles. The van der Waals surface area contributed by atoms with Crippen LogP contribution in [0.3, 0.4) is 0 Å². The minimum absolute atomic E-state index is 0.190. The number of aromatic nitrogens is 1. The van der Waals surface area contributed by atoms with Crippen molar-refractivity contribution in [1.29, 1.82) is 0 Å². The number of aryl methyl sites for hydroxylation is 2. The quantitative estimate of drug-likeness (QED) is 0.751. The molecule has 1 N–H and O–H groups in total. The number of nitrogens with zero attached hydrogens (tertiary/aromatic N) is 1. The van der Waals surface area contributed by atoms with E-state index in [4.69, 9.17) is 4.42 Å². The van der Waals surface area contributed by atoms with Gasteiger partial charge >= 0.3 is 0 Å². The normalized spacial score (nSPS) is 12.6. The molecule has 1 atom stereocenters. The molecule has 3 heteroatoms. The van der Waals surface area contributed by atoms with Gasteiger partial charge in [-0.1, -0.05) is 18.2 Å². The van der Waals surface area contributed by atoms with Gasteiger partial charge in [-0.3, -0.25) is 4.98 Å². The van der Waals surface area contributed by atoms with Crippen LogP contribution in [0.2, 0.25) is 0 Å². The summed E-state index contributed by atoms with van der Waals surface area (Å²) in [5, 5.41) is 4.63. The molecule has 3 rings (SSSR count). The molecule has 0 bridgehead atoms. The zero-order valence-corrected chi connectivity index (χ0v) is 12.0. The van der Waals surface area contributed by atoms with Gasteiger partial charge in [0.1, 0.15) is 11.5 Å². The molecule has 2 heterocycles. The van der Waals surface area contributed by atoms with Crippen LogP contribution >= 0.6 is 0 Å². The van der Waals surface area contributed by atoms with Gasteiger partial charge in [-0.2, -0.15) is 0 Å². The van der Waals surface area contributed by atoms with Crippen LogP contribution in [0.5, 0.6) is 0 Å². The highest BCUT2D eigenvalue weighted by molar-refractivity contribution is 5.81. The standard InChI is InChI=1S/C17H18N2O/c1-11-8-16(13(3)20-11)12(2)19-15-9-14-6-4-5-7-17(14)18-10-15/h4-10,12,19H,1-3H3. The Balaban J connectivity index is 1.87. The lowest BCUT2D eigenvalue weighted by Gasteiger charge is -2.14. The average Bonchev–Trinajstić information content (AvgIpc) is 2.78. The monoisotopic (exact) mass is 266 g/mol. The lowest BCUT2D eigenvalue weighted by Crippen LogP contribution is -2.07. The van der Waals surface area contributed by atoms with Crippen LogP contribution in [-0.2, 0) is 0 Å². The number of fused-ring (bicyclic) bond motifs is 1. The van der Waals surface area contributed by atoms with Gasteiger partial charge in [0.25, 0.3) is 0 Å². The Morgan fingerprint density at radius 3 is 2.70 bits per heavy atom. The highest BCUT2D eigenvalue weighted by Gasteiger charge is 2.12. The van der Waals surface area contributed by atoms with Crippen molar-refractivity contribution >= 4 is 16.6 Å². The van der Waals surface area contributed by atoms with Gasteiger partial charge in [-0.05, 0) is 39.0 Å². The molecule has 0 aliphatic rings. The fraction of sp³-hybridized carbons (Fsp3) is 0.235. The smallest absolute Gasteiger partial charge is 0.106 e. The van der Waals surface area contributed by atoms with Gasteiger partial charge in [0.05, 0.1) is 23.4 Å². The maximum absolute atomic E-state index is 5.59. The summed E-state index contributed by atoms with van der Waals surface area (Å²) < 4.78 is 5.59. The number of furan rings is 1. The van der Waals surface area contributed by atoms with Crippen molar-refractivity contribution in [3.63, 3.8) is 0 Å². The molecule has 3 nitrogen and oxygen atoms in total. The fourth-order valence-corrected chi connectivity index (χ4v) is 2.56. The number of anilines is 1. The first-order chi connectivity index (χ1) is 9.63. The third-order valence-corrected chi connectivity index (χ3v) is 3.52. The Bertz CT molecular complexity index is 746. The van der Waals surface area contributed by atoms with Crippen molar-refractivity contribution in [2.75, 3.05) is 5.32 Å². The maximum Gasteiger partial charge on any atom is 0.106 e. The van der Waals surface area contributed by atoms with Gasteiger partial charge in [-0.15, -0.1) is 0 Å². The van der Waals surface area contributed by atoms with Gasteiger partial charge in [-0.25, -0.2) is 0 Å². The van der Waals surface area contributed by atoms with Crippen molar-refractivity contribution in [2.24, 2.45) is 0 Å². The van der Waals surface area contributed by atoms with E-state index in [-0.39, 0.29) is 6.04 Å². The van der Waals surface area contributed by atoms with Crippen LogP contribution in [0.1, 0.15) is 30.0 Å². The van der Waals surface area contributed by atoms with Crippen LogP contribution in [0.4, 0.5) is 5.69 Å². The van der Waals surface area contributed by atoms with Crippen molar-refractivity contribution in [1.82, 2.24) is 4.98 Å². The second-order valence-electron chi connectivity index (χ2n) is 5.15. The highest BCUT2D eigenvalue weighted by Crippen LogP contribution is 2.25. The Hall–Kier alpha value is -2.29. The summed E-state index contributed by atoms with van der Waals surface area (Å²) in [7, 11) is 0. The van der Waals surface area contributed by atoms with E-state index < -0.39 is 0 Å². The molecule has 102 valence electrons. The number of hydrogen-bond acceptors (Lipinski definition) is 3. The molecular weight excluding hydrogens is 248 g/mol. The van der Waals surface area contributed by atoms with E-state index in [1.165, 1.54) is 5.56 Å². The number of nitrogens with one attached hydrogen (secondary N) is 1. The predicted octanol–water partition coefficient (Wildman–Crippen LogP) is 4.62. The van der Waals surface area contributed by atoms with Crippen molar-refractivity contribution in [3.8, 4) is 0 Å². The Morgan fingerprint density at radius 1 is 1.15 bits per heavy atom. The Kier molecular flexibility index (Phi) is 3.18. The number of para-hydroxylation sites is 1. The molecule has 0 radical (unpaired) electrons. The second kappa shape index (κ2) is 5.00. The first kappa shape index (κ1) is 12.7. The fourth-order valence-electron chi connectivity index (χ4n) is 2.56. The SMILES string of the molecule is Cc1cc(C(C)Nc2cnc3ccccc3c2)c(C)o1. The van der Waals surface area contributed by atoms with E-state index in [0.29, 0.717) is 0 Å². The maximum atomic E-state index is 5.59. The number of benzene rings is 1.